The third-order valence-electron chi connectivity index (χ3n) is 4.53. The number of hydrogen-bond donors (Lipinski definition) is 1. The molecule has 2 heterocycles. The van der Waals surface area contributed by atoms with Gasteiger partial charge in [0.2, 0.25) is 0 Å². The molecule has 5 nitrogen and oxygen atoms in total. The van der Waals surface area contributed by atoms with Crippen LogP contribution in [-0.4, -0.2) is 20.5 Å². The summed E-state index contributed by atoms with van der Waals surface area (Å²) in [6, 6.07) is 10.6. The summed E-state index contributed by atoms with van der Waals surface area (Å²) in [5.41, 5.74) is 3.59. The molecule has 3 aromatic rings. The number of carboxylic acid groups (broad SMARTS) is 1. The van der Waals surface area contributed by atoms with E-state index in [1.807, 2.05) is 30.3 Å². The molecule has 0 radical (unpaired) electrons. The topological polar surface area (TPSA) is 71.7 Å². The normalized spacial score (nSPS) is 15.2. The minimum Gasteiger partial charge on any atom is -0.478 e. The van der Waals surface area contributed by atoms with E-state index in [9.17, 15) is 9.59 Å². The number of nitrogens with zero attached hydrogens (tertiary/aromatic N) is 2. The van der Waals surface area contributed by atoms with Crippen molar-refractivity contribution in [2.45, 2.75) is 19.3 Å². The lowest BCUT2D eigenvalue weighted by molar-refractivity contribution is 0.0696. The Labute approximate surface area is 154 Å². The molecule has 1 N–H and O–H groups in total. The minimum atomic E-state index is -1.07. The van der Waals surface area contributed by atoms with Crippen molar-refractivity contribution in [3.05, 3.63) is 80.4 Å². The van der Waals surface area contributed by atoms with Gasteiger partial charge < -0.3 is 5.11 Å². The lowest BCUT2D eigenvalue weighted by Gasteiger charge is -2.18. The van der Waals surface area contributed by atoms with Crippen LogP contribution in [0.25, 0.3) is 17.3 Å². The zero-order valence-corrected chi connectivity index (χ0v) is 14.5. The van der Waals surface area contributed by atoms with Crippen LogP contribution in [-0.2, 0) is 6.42 Å². The third kappa shape index (κ3) is 2.91. The maximum atomic E-state index is 12.9. The molecule has 0 unspecified atom stereocenters. The van der Waals surface area contributed by atoms with Crippen molar-refractivity contribution in [3.63, 3.8) is 0 Å². The van der Waals surface area contributed by atoms with Gasteiger partial charge in [-0.1, -0.05) is 23.7 Å². The number of allylic oxidation sites excluding steroid dienone is 1. The van der Waals surface area contributed by atoms with E-state index in [2.05, 4.69) is 4.98 Å². The number of carbonyl (C=O) groups is 1. The molecule has 6 heteroatoms. The molecule has 1 aliphatic rings. The summed E-state index contributed by atoms with van der Waals surface area (Å²) in [6.45, 7) is 0. The first kappa shape index (κ1) is 16.5. The van der Waals surface area contributed by atoms with E-state index in [0.29, 0.717) is 28.3 Å². The van der Waals surface area contributed by atoms with Gasteiger partial charge in [-0.2, -0.15) is 0 Å². The Kier molecular flexibility index (Phi) is 4.09. The lowest BCUT2D eigenvalue weighted by atomic mass is 9.91. The van der Waals surface area contributed by atoms with Gasteiger partial charge in [0, 0.05) is 16.8 Å². The van der Waals surface area contributed by atoms with Crippen molar-refractivity contribution >= 4 is 34.9 Å². The number of hydrogen-bond acceptors (Lipinski definition) is 3. The van der Waals surface area contributed by atoms with Gasteiger partial charge in [-0.3, -0.25) is 9.20 Å². The highest BCUT2D eigenvalue weighted by molar-refractivity contribution is 6.30. The highest BCUT2D eigenvalue weighted by Gasteiger charge is 2.21. The smallest absolute Gasteiger partial charge is 0.337 e. The van der Waals surface area contributed by atoms with Crippen LogP contribution < -0.4 is 5.56 Å². The maximum Gasteiger partial charge on any atom is 0.337 e. The third-order valence-corrected chi connectivity index (χ3v) is 4.76. The van der Waals surface area contributed by atoms with E-state index in [0.717, 1.165) is 24.0 Å². The Balaban J connectivity index is 1.91. The van der Waals surface area contributed by atoms with Crippen LogP contribution in [0.5, 0.6) is 0 Å². The molecule has 26 heavy (non-hydrogen) atoms. The number of benzene rings is 1. The zero-order valence-electron chi connectivity index (χ0n) is 13.8. The molecule has 0 saturated heterocycles. The molecule has 1 aromatic carbocycles. The van der Waals surface area contributed by atoms with Crippen molar-refractivity contribution in [1.82, 2.24) is 9.38 Å². The van der Waals surface area contributed by atoms with Crippen molar-refractivity contribution < 1.29 is 9.90 Å². The Morgan fingerprint density at radius 2 is 2.08 bits per heavy atom. The lowest BCUT2D eigenvalue weighted by Crippen LogP contribution is -2.25. The quantitative estimate of drug-likeness (QED) is 0.746. The van der Waals surface area contributed by atoms with Crippen LogP contribution in [0.1, 0.15) is 40.0 Å². The predicted octanol–water partition coefficient (Wildman–Crippen LogP) is 3.92. The summed E-state index contributed by atoms with van der Waals surface area (Å²) in [5.74, 6) is -1.07. The van der Waals surface area contributed by atoms with E-state index >= 15 is 0 Å². The Hall–Kier alpha value is -2.92. The van der Waals surface area contributed by atoms with Gasteiger partial charge in [0.15, 0.2) is 0 Å². The number of fused-ring (bicyclic) bond motifs is 2. The average molecular weight is 367 g/mol. The van der Waals surface area contributed by atoms with E-state index in [-0.39, 0.29) is 11.1 Å². The molecule has 0 saturated carbocycles. The molecular formula is C20H15ClN2O3. The van der Waals surface area contributed by atoms with Crippen LogP contribution in [0.4, 0.5) is 0 Å². The summed E-state index contributed by atoms with van der Waals surface area (Å²) in [6.07, 6.45) is 5.66. The predicted molar refractivity (Wildman–Crippen MR) is 101 cm³/mol. The molecule has 0 aliphatic heterocycles. The van der Waals surface area contributed by atoms with Gasteiger partial charge in [-0.05, 0) is 60.7 Å². The van der Waals surface area contributed by atoms with E-state index in [1.165, 1.54) is 16.7 Å². The van der Waals surface area contributed by atoms with Gasteiger partial charge in [0.25, 0.3) is 5.56 Å². The number of carboxylic acids is 1. The van der Waals surface area contributed by atoms with Crippen LogP contribution >= 0.6 is 11.6 Å². The second-order valence-electron chi connectivity index (χ2n) is 6.27. The molecule has 0 atom stereocenters. The van der Waals surface area contributed by atoms with E-state index in [4.69, 9.17) is 16.7 Å². The Bertz CT molecular complexity index is 1130. The van der Waals surface area contributed by atoms with E-state index in [1.54, 1.807) is 6.07 Å². The summed E-state index contributed by atoms with van der Waals surface area (Å²) in [5, 5.41) is 9.80. The number of aromatic nitrogens is 2. The monoisotopic (exact) mass is 366 g/mol. The van der Waals surface area contributed by atoms with Gasteiger partial charge in [0.05, 0.1) is 11.3 Å². The first-order valence-corrected chi connectivity index (χ1v) is 8.66. The van der Waals surface area contributed by atoms with Crippen LogP contribution in [0.2, 0.25) is 5.02 Å². The second-order valence-corrected chi connectivity index (χ2v) is 6.71. The highest BCUT2D eigenvalue weighted by Crippen LogP contribution is 2.30. The number of pyridine rings is 1. The molecule has 0 amide bonds. The largest absolute Gasteiger partial charge is 0.478 e. The van der Waals surface area contributed by atoms with Crippen molar-refractivity contribution in [1.29, 1.82) is 0 Å². The second kappa shape index (κ2) is 6.42. The first-order chi connectivity index (χ1) is 12.5. The molecule has 4 rings (SSSR count). The Morgan fingerprint density at radius 3 is 2.85 bits per heavy atom. The fourth-order valence-electron chi connectivity index (χ4n) is 3.30. The van der Waals surface area contributed by atoms with Gasteiger partial charge in [-0.15, -0.1) is 0 Å². The van der Waals surface area contributed by atoms with E-state index < -0.39 is 5.97 Å². The first-order valence-electron chi connectivity index (χ1n) is 8.28. The molecule has 0 spiro atoms. The number of rotatable bonds is 2. The van der Waals surface area contributed by atoms with Crippen molar-refractivity contribution in [2.75, 3.05) is 0 Å². The van der Waals surface area contributed by atoms with Crippen LogP contribution in [0.15, 0.2) is 47.4 Å². The summed E-state index contributed by atoms with van der Waals surface area (Å²) in [4.78, 5) is 28.7. The molecule has 130 valence electrons. The van der Waals surface area contributed by atoms with Gasteiger partial charge in [0.1, 0.15) is 5.65 Å². The maximum absolute atomic E-state index is 12.9. The molecule has 0 fully saturated rings. The Morgan fingerprint density at radius 1 is 1.23 bits per heavy atom. The van der Waals surface area contributed by atoms with Gasteiger partial charge >= 0.3 is 5.97 Å². The van der Waals surface area contributed by atoms with Gasteiger partial charge in [-0.25, -0.2) is 9.78 Å². The summed E-state index contributed by atoms with van der Waals surface area (Å²) >= 11 is 6.06. The molecule has 1 aliphatic carbocycles. The summed E-state index contributed by atoms with van der Waals surface area (Å²) < 4.78 is 1.32. The number of aromatic carboxylic acids is 1. The standard InChI is InChI=1S/C20H15ClN2O3/c21-15-5-1-3-12(10-15)9-13-4-2-6-16-18(13)22-17-8-7-14(20(25)26)11-23(17)19(16)24/h1,3,5,7-11H,2,4,6H2,(H,25,26). The van der Waals surface area contributed by atoms with Crippen molar-refractivity contribution in [3.8, 4) is 0 Å². The molecular weight excluding hydrogens is 352 g/mol. The fourth-order valence-corrected chi connectivity index (χ4v) is 3.50. The summed E-state index contributed by atoms with van der Waals surface area (Å²) in [7, 11) is 0. The average Bonchev–Trinajstić information content (AvgIpc) is 2.62. The minimum absolute atomic E-state index is 0.0619. The fraction of sp³-hybridized carbons (Fsp3) is 0.150. The SMILES string of the molecule is O=C(O)c1ccc2nc3c(c(=O)n2c1)CCCC3=Cc1cccc(Cl)c1. The van der Waals surface area contributed by atoms with Crippen molar-refractivity contribution in [2.24, 2.45) is 0 Å². The molecule has 2 aromatic heterocycles. The zero-order chi connectivity index (χ0) is 18.3. The van der Waals surface area contributed by atoms with Crippen LogP contribution in [0.3, 0.4) is 0 Å². The molecule has 0 bridgehead atoms. The van der Waals surface area contributed by atoms with Crippen LogP contribution in [0, 0.1) is 0 Å². The number of halogens is 1. The highest BCUT2D eigenvalue weighted by atomic mass is 35.5.